The normalized spacial score (nSPS) is 25.9. The van der Waals surface area contributed by atoms with Gasteiger partial charge in [0.05, 0.1) is 30.3 Å². The van der Waals surface area contributed by atoms with Gasteiger partial charge in [-0.05, 0) is 13.3 Å². The summed E-state index contributed by atoms with van der Waals surface area (Å²) in [6.07, 6.45) is 3.93. The van der Waals surface area contributed by atoms with Gasteiger partial charge in [0, 0.05) is 13.1 Å². The van der Waals surface area contributed by atoms with Crippen LogP contribution < -0.4 is 4.90 Å². The van der Waals surface area contributed by atoms with Crippen molar-refractivity contribution >= 4 is 5.82 Å². The van der Waals surface area contributed by atoms with Gasteiger partial charge in [-0.3, -0.25) is 4.98 Å². The number of aliphatic hydroxyl groups excluding tert-OH is 1. The lowest BCUT2D eigenvalue weighted by Gasteiger charge is -2.19. The lowest BCUT2D eigenvalue weighted by Crippen LogP contribution is -2.30. The van der Waals surface area contributed by atoms with Gasteiger partial charge in [0.2, 0.25) is 0 Å². The molecule has 1 fully saturated rings. The van der Waals surface area contributed by atoms with Crippen LogP contribution in [0, 0.1) is 0 Å². The first-order valence-electron chi connectivity index (χ1n) is 5.00. The number of rotatable bonds is 2. The summed E-state index contributed by atoms with van der Waals surface area (Å²) in [7, 11) is 0. The smallest absolute Gasteiger partial charge is 0.147 e. The number of hydrogen-bond acceptors (Lipinski definition) is 5. The minimum absolute atomic E-state index is 0.106. The van der Waals surface area contributed by atoms with Crippen LogP contribution in [0.15, 0.2) is 12.4 Å². The standard InChI is InChI=1S/C10H15N3O2/c1-10(15)2-3-13(7-10)9-5-11-4-8(6-14)12-9/h4-5,14-15H,2-3,6-7H2,1H3. The van der Waals surface area contributed by atoms with E-state index in [-0.39, 0.29) is 6.61 Å². The summed E-state index contributed by atoms with van der Waals surface area (Å²) < 4.78 is 0. The first kappa shape index (κ1) is 10.3. The maximum atomic E-state index is 9.81. The van der Waals surface area contributed by atoms with E-state index in [0.29, 0.717) is 12.2 Å². The maximum absolute atomic E-state index is 9.81. The molecule has 0 bridgehead atoms. The van der Waals surface area contributed by atoms with Gasteiger partial charge in [-0.25, -0.2) is 4.98 Å². The lowest BCUT2D eigenvalue weighted by atomic mass is 10.1. The number of β-amino-alcohol motifs (C(OH)–C–C–N with tert-alkyl or cyclic N) is 1. The molecule has 1 aromatic rings. The molecule has 82 valence electrons. The number of nitrogens with zero attached hydrogens (tertiary/aromatic N) is 3. The summed E-state index contributed by atoms with van der Waals surface area (Å²) >= 11 is 0. The van der Waals surface area contributed by atoms with E-state index in [9.17, 15) is 5.11 Å². The van der Waals surface area contributed by atoms with Gasteiger partial charge in [-0.1, -0.05) is 0 Å². The van der Waals surface area contributed by atoms with E-state index in [1.807, 2.05) is 11.8 Å². The summed E-state index contributed by atoms with van der Waals surface area (Å²) in [6.45, 7) is 3.05. The summed E-state index contributed by atoms with van der Waals surface area (Å²) in [5, 5.41) is 18.8. The highest BCUT2D eigenvalue weighted by Crippen LogP contribution is 2.24. The second kappa shape index (κ2) is 3.75. The number of anilines is 1. The van der Waals surface area contributed by atoms with E-state index in [1.165, 1.54) is 6.20 Å². The Hall–Kier alpha value is -1.20. The van der Waals surface area contributed by atoms with Gasteiger partial charge in [-0.15, -0.1) is 0 Å². The van der Waals surface area contributed by atoms with E-state index in [1.54, 1.807) is 6.20 Å². The molecule has 1 saturated heterocycles. The fourth-order valence-corrected chi connectivity index (χ4v) is 1.76. The second-order valence-electron chi connectivity index (χ2n) is 4.20. The van der Waals surface area contributed by atoms with Crippen molar-refractivity contribution in [2.75, 3.05) is 18.0 Å². The Morgan fingerprint density at radius 1 is 1.53 bits per heavy atom. The predicted molar refractivity (Wildman–Crippen MR) is 55.4 cm³/mol. The third-order valence-electron chi connectivity index (χ3n) is 2.61. The Morgan fingerprint density at radius 2 is 2.33 bits per heavy atom. The van der Waals surface area contributed by atoms with Crippen LogP contribution in [-0.4, -0.2) is 38.9 Å². The minimum atomic E-state index is -0.642. The molecule has 1 aromatic heterocycles. The highest BCUT2D eigenvalue weighted by molar-refractivity contribution is 5.38. The Balaban J connectivity index is 2.16. The van der Waals surface area contributed by atoms with Crippen molar-refractivity contribution in [3.8, 4) is 0 Å². The van der Waals surface area contributed by atoms with Crippen LogP contribution in [0.5, 0.6) is 0 Å². The molecule has 0 spiro atoms. The van der Waals surface area contributed by atoms with E-state index in [4.69, 9.17) is 5.11 Å². The molecule has 1 aliphatic heterocycles. The average molecular weight is 209 g/mol. The Bertz CT molecular complexity index is 354. The molecule has 1 unspecified atom stereocenters. The highest BCUT2D eigenvalue weighted by atomic mass is 16.3. The topological polar surface area (TPSA) is 69.5 Å². The van der Waals surface area contributed by atoms with Crippen LogP contribution in [0.4, 0.5) is 5.82 Å². The van der Waals surface area contributed by atoms with Crippen LogP contribution in [-0.2, 0) is 6.61 Å². The van der Waals surface area contributed by atoms with Crippen LogP contribution in [0.1, 0.15) is 19.0 Å². The molecule has 1 aliphatic rings. The Labute approximate surface area is 88.4 Å². The summed E-state index contributed by atoms with van der Waals surface area (Å²) in [4.78, 5) is 10.2. The molecule has 0 aromatic carbocycles. The second-order valence-corrected chi connectivity index (χ2v) is 4.20. The van der Waals surface area contributed by atoms with Crippen LogP contribution in [0.25, 0.3) is 0 Å². The molecular weight excluding hydrogens is 194 g/mol. The van der Waals surface area contributed by atoms with Crippen molar-refractivity contribution in [1.29, 1.82) is 0 Å². The third kappa shape index (κ3) is 2.24. The third-order valence-corrected chi connectivity index (χ3v) is 2.61. The minimum Gasteiger partial charge on any atom is -0.390 e. The quantitative estimate of drug-likeness (QED) is 0.713. The fraction of sp³-hybridized carbons (Fsp3) is 0.600. The summed E-state index contributed by atoms with van der Waals surface area (Å²) in [5.41, 5.74) is -0.0873. The molecule has 2 heterocycles. The Morgan fingerprint density at radius 3 is 2.93 bits per heavy atom. The molecule has 2 N–H and O–H groups in total. The zero-order valence-electron chi connectivity index (χ0n) is 8.72. The predicted octanol–water partition coefficient (Wildman–Crippen LogP) is -0.0700. The average Bonchev–Trinajstić information content (AvgIpc) is 2.59. The first-order chi connectivity index (χ1) is 7.11. The van der Waals surface area contributed by atoms with Crippen molar-refractivity contribution in [1.82, 2.24) is 9.97 Å². The van der Waals surface area contributed by atoms with Crippen molar-refractivity contribution in [3.63, 3.8) is 0 Å². The molecule has 0 radical (unpaired) electrons. The van der Waals surface area contributed by atoms with Crippen LogP contribution >= 0.6 is 0 Å². The van der Waals surface area contributed by atoms with Crippen molar-refractivity contribution in [3.05, 3.63) is 18.1 Å². The van der Waals surface area contributed by atoms with Gasteiger partial charge in [0.25, 0.3) is 0 Å². The highest BCUT2D eigenvalue weighted by Gasteiger charge is 2.32. The fourth-order valence-electron chi connectivity index (χ4n) is 1.76. The van der Waals surface area contributed by atoms with Crippen molar-refractivity contribution in [2.45, 2.75) is 25.6 Å². The SMILES string of the molecule is CC1(O)CCN(c2cncc(CO)n2)C1. The molecular formula is C10H15N3O2. The molecule has 5 nitrogen and oxygen atoms in total. The Kier molecular flexibility index (Phi) is 2.58. The van der Waals surface area contributed by atoms with Gasteiger partial charge in [0.1, 0.15) is 5.82 Å². The molecule has 0 saturated carbocycles. The van der Waals surface area contributed by atoms with Crippen molar-refractivity contribution in [2.24, 2.45) is 0 Å². The van der Waals surface area contributed by atoms with Crippen LogP contribution in [0.2, 0.25) is 0 Å². The van der Waals surface area contributed by atoms with Gasteiger partial charge < -0.3 is 15.1 Å². The van der Waals surface area contributed by atoms with Crippen molar-refractivity contribution < 1.29 is 10.2 Å². The first-order valence-corrected chi connectivity index (χ1v) is 5.00. The van der Waals surface area contributed by atoms with E-state index in [0.717, 1.165) is 18.8 Å². The molecule has 0 aliphatic carbocycles. The largest absolute Gasteiger partial charge is 0.390 e. The van der Waals surface area contributed by atoms with E-state index >= 15 is 0 Å². The number of aliphatic hydroxyl groups is 2. The van der Waals surface area contributed by atoms with Gasteiger partial charge >= 0.3 is 0 Å². The van der Waals surface area contributed by atoms with Gasteiger partial charge in [0.15, 0.2) is 0 Å². The van der Waals surface area contributed by atoms with Gasteiger partial charge in [-0.2, -0.15) is 0 Å². The summed E-state index contributed by atoms with van der Waals surface area (Å²) in [6, 6.07) is 0. The summed E-state index contributed by atoms with van der Waals surface area (Å²) in [5.74, 6) is 0.722. The monoisotopic (exact) mass is 209 g/mol. The van der Waals surface area contributed by atoms with E-state index < -0.39 is 5.60 Å². The maximum Gasteiger partial charge on any atom is 0.147 e. The number of aromatic nitrogens is 2. The lowest BCUT2D eigenvalue weighted by molar-refractivity contribution is 0.0839. The molecule has 5 heteroatoms. The molecule has 15 heavy (non-hydrogen) atoms. The van der Waals surface area contributed by atoms with E-state index in [2.05, 4.69) is 9.97 Å². The molecule has 2 rings (SSSR count). The zero-order valence-corrected chi connectivity index (χ0v) is 8.72. The zero-order chi connectivity index (χ0) is 10.9. The number of hydrogen-bond donors (Lipinski definition) is 2. The molecule has 0 amide bonds. The molecule has 1 atom stereocenters. The van der Waals surface area contributed by atoms with Crippen LogP contribution in [0.3, 0.4) is 0 Å².